The van der Waals surface area contributed by atoms with Crippen molar-refractivity contribution in [3.63, 3.8) is 0 Å². The van der Waals surface area contributed by atoms with Gasteiger partial charge >= 0.3 is 0 Å². The molecule has 1 atom stereocenters. The van der Waals surface area contributed by atoms with E-state index < -0.39 is 0 Å². The van der Waals surface area contributed by atoms with Crippen molar-refractivity contribution in [3.05, 3.63) is 65.9 Å². The molecule has 2 aromatic carbocycles. The topological polar surface area (TPSA) is 27.8 Å². The van der Waals surface area contributed by atoms with E-state index in [0.717, 1.165) is 6.54 Å². The Morgan fingerprint density at radius 2 is 1.86 bits per heavy atom. The lowest BCUT2D eigenvalue weighted by Gasteiger charge is -2.11. The summed E-state index contributed by atoms with van der Waals surface area (Å²) in [6, 6.07) is 17.3. The van der Waals surface area contributed by atoms with Gasteiger partial charge in [-0.1, -0.05) is 38.1 Å². The van der Waals surface area contributed by atoms with Gasteiger partial charge in [0.1, 0.15) is 0 Å². The van der Waals surface area contributed by atoms with Gasteiger partial charge in [-0.25, -0.2) is 0 Å². The maximum atomic E-state index is 3.51. The molecule has 0 bridgehead atoms. The second-order valence-corrected chi connectivity index (χ2v) is 5.64. The summed E-state index contributed by atoms with van der Waals surface area (Å²) in [6.07, 6.45) is 3.18. The van der Waals surface area contributed by atoms with Gasteiger partial charge in [-0.2, -0.15) is 0 Å². The van der Waals surface area contributed by atoms with E-state index in [0.29, 0.717) is 5.92 Å². The van der Waals surface area contributed by atoms with Crippen LogP contribution in [0.15, 0.2) is 54.7 Å². The second-order valence-electron chi connectivity index (χ2n) is 5.64. The average Bonchev–Trinajstić information content (AvgIpc) is 3.02. The average molecular weight is 278 g/mol. The van der Waals surface area contributed by atoms with Crippen LogP contribution < -0.4 is 5.32 Å². The van der Waals surface area contributed by atoms with E-state index >= 15 is 0 Å². The van der Waals surface area contributed by atoms with E-state index in [1.165, 1.54) is 34.1 Å². The summed E-state index contributed by atoms with van der Waals surface area (Å²) >= 11 is 0. The monoisotopic (exact) mass is 278 g/mol. The van der Waals surface area contributed by atoms with Gasteiger partial charge in [0.15, 0.2) is 0 Å². The Bertz CT molecular complexity index is 710. The van der Waals surface area contributed by atoms with Crippen molar-refractivity contribution >= 4 is 16.6 Å². The summed E-state index contributed by atoms with van der Waals surface area (Å²) in [5, 5.41) is 4.81. The number of anilines is 1. The first-order valence-electron chi connectivity index (χ1n) is 7.66. The molecule has 0 amide bonds. The van der Waals surface area contributed by atoms with Gasteiger partial charge in [0.25, 0.3) is 0 Å². The standard InChI is InChI=1S/C19H22N2/c1-3-14(2)15-7-9-17(10-8-15)21-13-16-5-4-6-19-18(16)11-12-20-19/h4-12,14,20-21H,3,13H2,1-2H3. The maximum absolute atomic E-state index is 3.51. The molecule has 2 N–H and O–H groups in total. The molecule has 0 aliphatic carbocycles. The molecular formula is C19H22N2. The lowest BCUT2D eigenvalue weighted by molar-refractivity contribution is 0.734. The molecule has 0 aliphatic heterocycles. The highest BCUT2D eigenvalue weighted by Crippen LogP contribution is 2.22. The summed E-state index contributed by atoms with van der Waals surface area (Å²) < 4.78 is 0. The Morgan fingerprint density at radius 3 is 2.62 bits per heavy atom. The second kappa shape index (κ2) is 6.04. The highest BCUT2D eigenvalue weighted by molar-refractivity contribution is 5.83. The zero-order chi connectivity index (χ0) is 14.7. The van der Waals surface area contributed by atoms with E-state index in [4.69, 9.17) is 0 Å². The first-order valence-corrected chi connectivity index (χ1v) is 7.66. The number of hydrogen-bond donors (Lipinski definition) is 2. The smallest absolute Gasteiger partial charge is 0.0457 e. The Labute approximate surface area is 126 Å². The normalized spacial score (nSPS) is 12.5. The Kier molecular flexibility index (Phi) is 3.96. The highest BCUT2D eigenvalue weighted by atomic mass is 14.9. The van der Waals surface area contributed by atoms with Crippen LogP contribution >= 0.6 is 0 Å². The molecule has 2 nitrogen and oxygen atoms in total. The maximum Gasteiger partial charge on any atom is 0.0457 e. The third kappa shape index (κ3) is 2.94. The van der Waals surface area contributed by atoms with Crippen LogP contribution in [0, 0.1) is 0 Å². The Hall–Kier alpha value is -2.22. The summed E-state index contributed by atoms with van der Waals surface area (Å²) in [5.74, 6) is 0.632. The van der Waals surface area contributed by atoms with Gasteiger partial charge in [0.05, 0.1) is 0 Å². The zero-order valence-corrected chi connectivity index (χ0v) is 12.7. The molecule has 0 saturated carbocycles. The molecule has 21 heavy (non-hydrogen) atoms. The zero-order valence-electron chi connectivity index (χ0n) is 12.7. The van der Waals surface area contributed by atoms with Crippen molar-refractivity contribution in [2.45, 2.75) is 32.7 Å². The number of fused-ring (bicyclic) bond motifs is 1. The van der Waals surface area contributed by atoms with Crippen LogP contribution in [0.4, 0.5) is 5.69 Å². The van der Waals surface area contributed by atoms with Crippen molar-refractivity contribution in [1.82, 2.24) is 4.98 Å². The molecule has 1 aromatic heterocycles. The van der Waals surface area contributed by atoms with Gasteiger partial charge in [-0.05, 0) is 47.7 Å². The SMILES string of the molecule is CCC(C)c1ccc(NCc2cccc3[nH]ccc23)cc1. The number of aromatic amines is 1. The van der Waals surface area contributed by atoms with Crippen molar-refractivity contribution < 1.29 is 0 Å². The van der Waals surface area contributed by atoms with Crippen LogP contribution in [-0.2, 0) is 6.54 Å². The fraction of sp³-hybridized carbons (Fsp3) is 0.263. The lowest BCUT2D eigenvalue weighted by Crippen LogP contribution is -2.00. The van der Waals surface area contributed by atoms with E-state index in [1.54, 1.807) is 0 Å². The molecule has 3 rings (SSSR count). The summed E-state index contributed by atoms with van der Waals surface area (Å²) in [6.45, 7) is 5.35. The fourth-order valence-corrected chi connectivity index (χ4v) is 2.67. The summed E-state index contributed by atoms with van der Waals surface area (Å²) in [5.41, 5.74) is 5.10. The predicted molar refractivity (Wildman–Crippen MR) is 90.8 cm³/mol. The minimum absolute atomic E-state index is 0.632. The molecule has 0 aliphatic rings. The minimum atomic E-state index is 0.632. The largest absolute Gasteiger partial charge is 0.381 e. The van der Waals surface area contributed by atoms with Crippen molar-refractivity contribution in [2.24, 2.45) is 0 Å². The Balaban J connectivity index is 1.71. The van der Waals surface area contributed by atoms with Crippen LogP contribution in [0.25, 0.3) is 10.9 Å². The van der Waals surface area contributed by atoms with E-state index in [9.17, 15) is 0 Å². The number of H-pyrrole nitrogens is 1. The van der Waals surface area contributed by atoms with E-state index in [-0.39, 0.29) is 0 Å². The van der Waals surface area contributed by atoms with Crippen LogP contribution in [0.1, 0.15) is 37.3 Å². The molecule has 108 valence electrons. The van der Waals surface area contributed by atoms with Crippen LogP contribution in [-0.4, -0.2) is 4.98 Å². The van der Waals surface area contributed by atoms with Crippen molar-refractivity contribution in [1.29, 1.82) is 0 Å². The fourth-order valence-electron chi connectivity index (χ4n) is 2.67. The number of benzene rings is 2. The van der Waals surface area contributed by atoms with Crippen LogP contribution in [0.3, 0.4) is 0 Å². The quantitative estimate of drug-likeness (QED) is 0.651. The molecular weight excluding hydrogens is 256 g/mol. The van der Waals surface area contributed by atoms with E-state index in [1.807, 2.05) is 6.20 Å². The van der Waals surface area contributed by atoms with E-state index in [2.05, 4.69) is 72.7 Å². The number of aromatic nitrogens is 1. The van der Waals surface area contributed by atoms with Gasteiger partial charge in [0, 0.05) is 29.3 Å². The number of nitrogens with one attached hydrogen (secondary N) is 2. The number of hydrogen-bond acceptors (Lipinski definition) is 1. The molecule has 0 radical (unpaired) electrons. The highest BCUT2D eigenvalue weighted by Gasteiger charge is 2.04. The molecule has 2 heteroatoms. The molecule has 3 aromatic rings. The summed E-state index contributed by atoms with van der Waals surface area (Å²) in [4.78, 5) is 3.26. The van der Waals surface area contributed by atoms with Gasteiger partial charge in [-0.3, -0.25) is 0 Å². The third-order valence-corrected chi connectivity index (χ3v) is 4.26. The summed E-state index contributed by atoms with van der Waals surface area (Å²) in [7, 11) is 0. The molecule has 0 saturated heterocycles. The van der Waals surface area contributed by atoms with Gasteiger partial charge in [0.2, 0.25) is 0 Å². The minimum Gasteiger partial charge on any atom is -0.381 e. The predicted octanol–water partition coefficient (Wildman–Crippen LogP) is 5.29. The third-order valence-electron chi connectivity index (χ3n) is 4.26. The molecule has 1 heterocycles. The van der Waals surface area contributed by atoms with Crippen LogP contribution in [0.5, 0.6) is 0 Å². The Morgan fingerprint density at radius 1 is 1.05 bits per heavy atom. The van der Waals surface area contributed by atoms with Crippen molar-refractivity contribution in [2.75, 3.05) is 5.32 Å². The number of rotatable bonds is 5. The van der Waals surface area contributed by atoms with Crippen molar-refractivity contribution in [3.8, 4) is 0 Å². The molecule has 0 spiro atoms. The lowest BCUT2D eigenvalue weighted by atomic mass is 9.98. The first-order chi connectivity index (χ1) is 10.3. The van der Waals surface area contributed by atoms with Gasteiger partial charge < -0.3 is 10.3 Å². The molecule has 0 fully saturated rings. The van der Waals surface area contributed by atoms with Gasteiger partial charge in [-0.15, -0.1) is 0 Å². The molecule has 1 unspecified atom stereocenters. The first kappa shape index (κ1) is 13.7. The van der Waals surface area contributed by atoms with Crippen LogP contribution in [0.2, 0.25) is 0 Å².